The highest BCUT2D eigenvalue weighted by Gasteiger charge is 2.27. The number of amides is 3. The third-order valence-corrected chi connectivity index (χ3v) is 7.02. The first-order valence-electron chi connectivity index (χ1n) is 9.93. The molecule has 10 nitrogen and oxygen atoms in total. The van der Waals surface area contributed by atoms with Gasteiger partial charge in [0.1, 0.15) is 22.6 Å². The monoisotopic (exact) mass is 485 g/mol. The van der Waals surface area contributed by atoms with Crippen LogP contribution in [0.3, 0.4) is 0 Å². The second kappa shape index (κ2) is 9.96. The molecule has 1 unspecified atom stereocenters. The predicted molar refractivity (Wildman–Crippen MR) is 127 cm³/mol. The van der Waals surface area contributed by atoms with Crippen LogP contribution >= 0.6 is 23.1 Å². The van der Waals surface area contributed by atoms with Crippen LogP contribution in [0, 0.1) is 0 Å². The van der Waals surface area contributed by atoms with E-state index < -0.39 is 36.3 Å². The topological polar surface area (TPSA) is 150 Å². The molecule has 0 fully saturated rings. The van der Waals surface area contributed by atoms with Gasteiger partial charge in [-0.3, -0.25) is 24.2 Å². The van der Waals surface area contributed by atoms with Gasteiger partial charge in [0, 0.05) is 11.1 Å². The van der Waals surface area contributed by atoms with Crippen molar-refractivity contribution in [2.45, 2.75) is 6.04 Å². The number of nitrogens with zero attached hydrogens (tertiary/aromatic N) is 2. The van der Waals surface area contributed by atoms with Gasteiger partial charge in [-0.15, -0.1) is 23.1 Å². The standard InChI is InChI=1S/C21H19N5O5S2/c27-15(23-9-17(29)30)7-22-16(28)8-24-19(31)14-10-32-20(26-14)21-25-13-6-5-11-3-1-2-4-12(11)18(13)33-21/h1-6,14H,7-10H2,(H,22,28)(H,23,27)(H,24,31)(H,29,30). The van der Waals surface area contributed by atoms with E-state index in [1.165, 1.54) is 23.1 Å². The Morgan fingerprint density at radius 1 is 0.970 bits per heavy atom. The number of benzene rings is 2. The minimum Gasteiger partial charge on any atom is -0.480 e. The number of aromatic nitrogens is 1. The number of thioether (sulfide) groups is 1. The molecule has 3 amide bonds. The van der Waals surface area contributed by atoms with Crippen LogP contribution in [0.15, 0.2) is 41.4 Å². The number of hydrogen-bond donors (Lipinski definition) is 4. The smallest absolute Gasteiger partial charge is 0.322 e. The van der Waals surface area contributed by atoms with Crippen LogP contribution in [-0.4, -0.2) is 70.3 Å². The quantitative estimate of drug-likeness (QED) is 0.368. The number of carboxylic acids is 1. The molecule has 4 N–H and O–H groups in total. The molecule has 3 aromatic rings. The van der Waals surface area contributed by atoms with Crippen LogP contribution in [-0.2, 0) is 19.2 Å². The molecule has 1 aliphatic rings. The molecule has 0 spiro atoms. The molecular weight excluding hydrogens is 466 g/mol. The van der Waals surface area contributed by atoms with Gasteiger partial charge in [-0.2, -0.15) is 0 Å². The molecule has 2 heterocycles. The lowest BCUT2D eigenvalue weighted by Crippen LogP contribution is -2.44. The van der Waals surface area contributed by atoms with Gasteiger partial charge in [0.05, 0.1) is 23.3 Å². The second-order valence-corrected chi connectivity index (χ2v) is 9.09. The van der Waals surface area contributed by atoms with Crippen LogP contribution in [0.5, 0.6) is 0 Å². The van der Waals surface area contributed by atoms with Crippen molar-refractivity contribution in [1.29, 1.82) is 0 Å². The number of carboxylic acid groups (broad SMARTS) is 1. The van der Waals surface area contributed by atoms with E-state index in [4.69, 9.17) is 5.11 Å². The van der Waals surface area contributed by atoms with Gasteiger partial charge in [0.25, 0.3) is 0 Å². The molecule has 33 heavy (non-hydrogen) atoms. The summed E-state index contributed by atoms with van der Waals surface area (Å²) in [6.07, 6.45) is 0. The molecule has 0 saturated heterocycles. The number of aliphatic imine (C=N–C) groups is 1. The summed E-state index contributed by atoms with van der Waals surface area (Å²) in [5, 5.41) is 19.1. The summed E-state index contributed by atoms with van der Waals surface area (Å²) in [6.45, 7) is -1.23. The normalized spacial score (nSPS) is 15.3. The van der Waals surface area contributed by atoms with Crippen LogP contribution in [0.4, 0.5) is 0 Å². The van der Waals surface area contributed by atoms with Crippen LogP contribution in [0.1, 0.15) is 5.01 Å². The molecule has 0 saturated carbocycles. The molecule has 4 rings (SSSR count). The van der Waals surface area contributed by atoms with Gasteiger partial charge in [0.2, 0.25) is 17.7 Å². The van der Waals surface area contributed by atoms with E-state index in [-0.39, 0.29) is 13.1 Å². The molecular formula is C21H19N5O5S2. The fourth-order valence-electron chi connectivity index (χ4n) is 3.14. The van der Waals surface area contributed by atoms with Gasteiger partial charge in [-0.1, -0.05) is 30.3 Å². The summed E-state index contributed by atoms with van der Waals surface area (Å²) in [5.41, 5.74) is 0.883. The zero-order valence-electron chi connectivity index (χ0n) is 17.2. The summed E-state index contributed by atoms with van der Waals surface area (Å²) in [4.78, 5) is 55.2. The largest absolute Gasteiger partial charge is 0.480 e. The van der Waals surface area contributed by atoms with Gasteiger partial charge in [-0.25, -0.2) is 4.98 Å². The molecule has 0 radical (unpaired) electrons. The number of thiazole rings is 1. The Hall–Kier alpha value is -3.51. The van der Waals surface area contributed by atoms with E-state index in [0.29, 0.717) is 10.8 Å². The van der Waals surface area contributed by atoms with Crippen molar-refractivity contribution in [2.24, 2.45) is 4.99 Å². The highest BCUT2D eigenvalue weighted by molar-refractivity contribution is 8.15. The molecule has 1 aromatic heterocycles. The molecule has 12 heteroatoms. The first-order valence-corrected chi connectivity index (χ1v) is 11.7. The maximum Gasteiger partial charge on any atom is 0.322 e. The Kier molecular flexibility index (Phi) is 6.84. The Morgan fingerprint density at radius 2 is 1.70 bits per heavy atom. The van der Waals surface area contributed by atoms with Crippen LogP contribution < -0.4 is 16.0 Å². The van der Waals surface area contributed by atoms with Gasteiger partial charge < -0.3 is 21.1 Å². The van der Waals surface area contributed by atoms with E-state index in [1.807, 2.05) is 24.3 Å². The number of hydrogen-bond acceptors (Lipinski definition) is 8. The number of rotatable bonds is 8. The minimum absolute atomic E-state index is 0.315. The minimum atomic E-state index is -1.18. The average Bonchev–Trinajstić information content (AvgIpc) is 3.47. The Labute approximate surface area is 195 Å². The number of carbonyl (C=O) groups is 4. The fraction of sp³-hybridized carbons (Fsp3) is 0.238. The highest BCUT2D eigenvalue weighted by atomic mass is 32.2. The zero-order chi connectivity index (χ0) is 23.4. The molecule has 1 aliphatic heterocycles. The fourth-order valence-corrected chi connectivity index (χ4v) is 5.34. The SMILES string of the molecule is O=C(O)CNC(=O)CNC(=O)CNC(=O)C1CSC(c2nc3ccc4ccccc4c3s2)=N1. The third kappa shape index (κ3) is 5.46. The van der Waals surface area contributed by atoms with Crippen LogP contribution in [0.2, 0.25) is 0 Å². The van der Waals surface area contributed by atoms with Crippen molar-refractivity contribution in [2.75, 3.05) is 25.4 Å². The zero-order valence-corrected chi connectivity index (χ0v) is 18.8. The summed E-state index contributed by atoms with van der Waals surface area (Å²) < 4.78 is 1.07. The second-order valence-electron chi connectivity index (χ2n) is 7.08. The number of nitrogens with one attached hydrogen (secondary N) is 3. The van der Waals surface area contributed by atoms with Crippen molar-refractivity contribution in [3.63, 3.8) is 0 Å². The Bertz CT molecular complexity index is 1290. The average molecular weight is 486 g/mol. The van der Waals surface area contributed by atoms with E-state index in [9.17, 15) is 19.2 Å². The number of aliphatic carboxylic acids is 1. The van der Waals surface area contributed by atoms with E-state index in [2.05, 4.69) is 38.1 Å². The van der Waals surface area contributed by atoms with Crippen molar-refractivity contribution >= 4 is 72.8 Å². The number of fused-ring (bicyclic) bond motifs is 3. The lowest BCUT2D eigenvalue weighted by molar-refractivity contribution is -0.137. The molecule has 1 atom stereocenters. The van der Waals surface area contributed by atoms with Crippen molar-refractivity contribution in [3.8, 4) is 0 Å². The third-order valence-electron chi connectivity index (χ3n) is 4.72. The predicted octanol–water partition coefficient (Wildman–Crippen LogP) is 0.745. The maximum atomic E-state index is 12.4. The van der Waals surface area contributed by atoms with E-state index in [0.717, 1.165) is 26.0 Å². The van der Waals surface area contributed by atoms with Gasteiger partial charge >= 0.3 is 5.97 Å². The van der Waals surface area contributed by atoms with E-state index >= 15 is 0 Å². The van der Waals surface area contributed by atoms with Gasteiger partial charge in [0.15, 0.2) is 0 Å². The first-order chi connectivity index (χ1) is 15.9. The molecule has 170 valence electrons. The summed E-state index contributed by atoms with van der Waals surface area (Å²) in [5.74, 6) is -2.34. The Morgan fingerprint density at radius 3 is 2.48 bits per heavy atom. The van der Waals surface area contributed by atoms with Crippen molar-refractivity contribution < 1.29 is 24.3 Å². The Balaban J connectivity index is 1.32. The first kappa shape index (κ1) is 22.7. The summed E-state index contributed by atoms with van der Waals surface area (Å²) in [7, 11) is 0. The lowest BCUT2D eigenvalue weighted by Gasteiger charge is -2.08. The lowest BCUT2D eigenvalue weighted by atomic mass is 10.1. The maximum absolute atomic E-state index is 12.4. The molecule has 0 bridgehead atoms. The molecule has 0 aliphatic carbocycles. The number of carbonyl (C=O) groups excluding carboxylic acids is 3. The van der Waals surface area contributed by atoms with Crippen molar-refractivity contribution in [1.82, 2.24) is 20.9 Å². The summed E-state index contributed by atoms with van der Waals surface area (Å²) in [6, 6.07) is 11.5. The van der Waals surface area contributed by atoms with E-state index in [1.54, 1.807) is 0 Å². The molecule has 2 aromatic carbocycles. The summed E-state index contributed by atoms with van der Waals surface area (Å²) >= 11 is 2.98. The van der Waals surface area contributed by atoms with Gasteiger partial charge in [-0.05, 0) is 11.5 Å². The van der Waals surface area contributed by atoms with Crippen molar-refractivity contribution in [3.05, 3.63) is 41.4 Å². The van der Waals surface area contributed by atoms with Crippen LogP contribution in [0.25, 0.3) is 21.0 Å². The highest BCUT2D eigenvalue weighted by Crippen LogP contribution is 2.33.